The fourth-order valence-electron chi connectivity index (χ4n) is 12.5. The Bertz CT molecular complexity index is 1220. The van der Waals surface area contributed by atoms with Crippen molar-refractivity contribution in [2.45, 2.75) is 126 Å². The number of fused-ring (bicyclic) bond motifs is 7. The van der Waals surface area contributed by atoms with Crippen LogP contribution in [0.25, 0.3) is 0 Å². The molecule has 0 aliphatic heterocycles. The quantitative estimate of drug-likeness (QED) is 0.164. The summed E-state index contributed by atoms with van der Waals surface area (Å²) in [4.78, 5) is 38.2. The molecule has 0 aromatic carbocycles. The fourth-order valence-corrected chi connectivity index (χ4v) is 12.5. The zero-order chi connectivity index (χ0) is 32.5. The second-order valence-corrected chi connectivity index (χ2v) is 16.8. The molecule has 5 aliphatic rings. The fraction of sp³-hybridized carbons (Fsp3) is 0.816. The van der Waals surface area contributed by atoms with E-state index in [9.17, 15) is 14.4 Å². The molecule has 4 unspecified atom stereocenters. The maximum absolute atomic E-state index is 14.0. The normalized spacial score (nSPS) is 45.9. The third kappa shape index (κ3) is 4.82. The van der Waals surface area contributed by atoms with Gasteiger partial charge in [0.05, 0.1) is 5.41 Å². The van der Waals surface area contributed by atoms with E-state index >= 15 is 0 Å². The maximum atomic E-state index is 14.0. The van der Waals surface area contributed by atoms with Gasteiger partial charge in [-0.2, -0.15) is 0 Å². The van der Waals surface area contributed by atoms with Gasteiger partial charge in [0, 0.05) is 19.3 Å². The Morgan fingerprint density at radius 3 is 2.05 bits per heavy atom. The average molecular weight is 611 g/mol. The molecule has 6 nitrogen and oxygen atoms in total. The highest BCUT2D eigenvalue weighted by atomic mass is 16.6. The van der Waals surface area contributed by atoms with Gasteiger partial charge in [0.1, 0.15) is 19.3 Å². The SMILES string of the molecule is C=C(C)COC(=O)[C@]12CC[C@@H](C(=C)C)C1C1CCC3[C@@]4(C)CC[C@H](OC(C)=O)[C@@](C)(COC(C)=O)C4CC[C@@]3(C)[C@]1(C)CC2. The summed E-state index contributed by atoms with van der Waals surface area (Å²) in [6.45, 7) is 25.9. The molecule has 0 spiro atoms. The molecule has 0 bridgehead atoms. The molecule has 5 rings (SSSR count). The van der Waals surface area contributed by atoms with E-state index in [4.69, 9.17) is 14.2 Å². The van der Waals surface area contributed by atoms with Gasteiger partial charge in [0.15, 0.2) is 0 Å². The van der Waals surface area contributed by atoms with Gasteiger partial charge in [0.25, 0.3) is 0 Å². The Morgan fingerprint density at radius 1 is 0.727 bits per heavy atom. The molecule has 11 atom stereocenters. The van der Waals surface area contributed by atoms with Crippen LogP contribution in [0, 0.1) is 56.7 Å². The van der Waals surface area contributed by atoms with Gasteiger partial charge in [-0.15, -0.1) is 0 Å². The van der Waals surface area contributed by atoms with Gasteiger partial charge in [0.2, 0.25) is 0 Å². The van der Waals surface area contributed by atoms with E-state index in [1.807, 2.05) is 6.92 Å². The van der Waals surface area contributed by atoms with Crippen LogP contribution in [-0.2, 0) is 28.6 Å². The van der Waals surface area contributed by atoms with Crippen molar-refractivity contribution in [3.8, 4) is 0 Å². The largest absolute Gasteiger partial charge is 0.465 e. The highest BCUT2D eigenvalue weighted by molar-refractivity contribution is 5.78. The van der Waals surface area contributed by atoms with Crippen LogP contribution in [-0.4, -0.2) is 37.2 Å². The number of carbonyl (C=O) groups excluding carboxylic acids is 3. The van der Waals surface area contributed by atoms with E-state index in [0.29, 0.717) is 24.4 Å². The van der Waals surface area contributed by atoms with Crippen LogP contribution in [0.2, 0.25) is 0 Å². The van der Waals surface area contributed by atoms with Crippen LogP contribution in [0.3, 0.4) is 0 Å². The summed E-state index contributed by atoms with van der Waals surface area (Å²) in [5.41, 5.74) is 1.44. The minimum Gasteiger partial charge on any atom is -0.465 e. The van der Waals surface area contributed by atoms with Crippen molar-refractivity contribution in [3.63, 3.8) is 0 Å². The predicted molar refractivity (Wildman–Crippen MR) is 171 cm³/mol. The summed E-state index contributed by atoms with van der Waals surface area (Å²) >= 11 is 0. The van der Waals surface area contributed by atoms with E-state index in [1.54, 1.807) is 0 Å². The van der Waals surface area contributed by atoms with Crippen molar-refractivity contribution in [1.29, 1.82) is 0 Å². The Hall–Kier alpha value is -2.11. The van der Waals surface area contributed by atoms with Crippen molar-refractivity contribution < 1.29 is 28.6 Å². The summed E-state index contributed by atoms with van der Waals surface area (Å²) in [5.74, 6) is 1.25. The Morgan fingerprint density at radius 2 is 1.43 bits per heavy atom. The smallest absolute Gasteiger partial charge is 0.312 e. The van der Waals surface area contributed by atoms with Gasteiger partial charge < -0.3 is 14.2 Å². The minimum atomic E-state index is -0.436. The summed E-state index contributed by atoms with van der Waals surface area (Å²) in [5, 5.41) is 0. The van der Waals surface area contributed by atoms with Gasteiger partial charge >= 0.3 is 17.9 Å². The standard InChI is InChI=1S/C38H58O6/c1-23(2)21-42-33(41)38-18-13-27(24(3)4)32(38)28-11-12-30-34(7)16-15-31(44-26(6)40)35(8,22-43-25(5)39)29(34)14-17-37(30,10)36(28,9)19-20-38/h27-32H,1,3,11-22H2,2,4-10H3/t27-,28?,29?,30?,31-,32?,34-,35-,36+,37+,38-/m0/s1. The first-order valence-corrected chi connectivity index (χ1v) is 17.2. The molecule has 44 heavy (non-hydrogen) atoms. The molecule has 0 heterocycles. The zero-order valence-electron chi connectivity index (χ0n) is 28.8. The Labute approximate surface area is 266 Å². The second kappa shape index (κ2) is 11.3. The third-order valence-corrected chi connectivity index (χ3v) is 14.6. The van der Waals surface area contributed by atoms with Gasteiger partial charge in [-0.05, 0) is 129 Å². The van der Waals surface area contributed by atoms with E-state index in [-0.39, 0.29) is 58.7 Å². The van der Waals surface area contributed by atoms with Crippen molar-refractivity contribution in [2.24, 2.45) is 56.7 Å². The lowest BCUT2D eigenvalue weighted by atomic mass is 9.32. The molecule has 5 aliphatic carbocycles. The molecule has 5 fully saturated rings. The van der Waals surface area contributed by atoms with Crippen LogP contribution in [0.15, 0.2) is 24.3 Å². The first kappa shape index (κ1) is 33.3. The topological polar surface area (TPSA) is 78.9 Å². The number of allylic oxidation sites excluding steroid dienone is 1. The first-order chi connectivity index (χ1) is 20.5. The third-order valence-electron chi connectivity index (χ3n) is 14.6. The lowest BCUT2D eigenvalue weighted by Crippen LogP contribution is -2.68. The van der Waals surface area contributed by atoms with E-state index in [1.165, 1.54) is 19.4 Å². The van der Waals surface area contributed by atoms with Crippen LogP contribution < -0.4 is 0 Å². The van der Waals surface area contributed by atoms with Crippen LogP contribution in [0.4, 0.5) is 0 Å². The number of esters is 3. The molecule has 0 aromatic heterocycles. The molecule has 0 radical (unpaired) electrons. The average Bonchev–Trinajstić information content (AvgIpc) is 3.34. The highest BCUT2D eigenvalue weighted by Gasteiger charge is 2.72. The molecule has 0 saturated heterocycles. The molecule has 5 saturated carbocycles. The lowest BCUT2D eigenvalue weighted by Gasteiger charge is -2.72. The summed E-state index contributed by atoms with van der Waals surface area (Å²) in [6.07, 6.45) is 9.69. The summed E-state index contributed by atoms with van der Waals surface area (Å²) in [6, 6.07) is 0. The van der Waals surface area contributed by atoms with Gasteiger partial charge in [-0.1, -0.05) is 46.4 Å². The van der Waals surface area contributed by atoms with E-state index in [0.717, 1.165) is 69.8 Å². The van der Waals surface area contributed by atoms with E-state index in [2.05, 4.69) is 47.8 Å². The minimum absolute atomic E-state index is 0.00993. The monoisotopic (exact) mass is 610 g/mol. The summed E-state index contributed by atoms with van der Waals surface area (Å²) < 4.78 is 17.6. The van der Waals surface area contributed by atoms with Crippen molar-refractivity contribution >= 4 is 17.9 Å². The predicted octanol–water partition coefficient (Wildman–Crippen LogP) is 8.24. The van der Waals surface area contributed by atoms with Crippen molar-refractivity contribution in [2.75, 3.05) is 13.2 Å². The number of hydrogen-bond donors (Lipinski definition) is 0. The van der Waals surface area contributed by atoms with Crippen molar-refractivity contribution in [1.82, 2.24) is 0 Å². The molecule has 0 aromatic rings. The van der Waals surface area contributed by atoms with Crippen LogP contribution in [0.1, 0.15) is 120 Å². The van der Waals surface area contributed by atoms with Crippen molar-refractivity contribution in [3.05, 3.63) is 24.3 Å². The molecular formula is C38H58O6. The molecule has 0 amide bonds. The number of rotatable bonds is 7. The second-order valence-electron chi connectivity index (χ2n) is 16.8. The molecule has 246 valence electrons. The molecule has 0 N–H and O–H groups in total. The van der Waals surface area contributed by atoms with Gasteiger partial charge in [-0.3, -0.25) is 14.4 Å². The maximum Gasteiger partial charge on any atom is 0.312 e. The number of carbonyl (C=O) groups is 3. The Kier molecular flexibility index (Phi) is 8.54. The number of ether oxygens (including phenoxy) is 3. The summed E-state index contributed by atoms with van der Waals surface area (Å²) in [7, 11) is 0. The zero-order valence-corrected chi connectivity index (χ0v) is 28.8. The molecule has 6 heteroatoms. The van der Waals surface area contributed by atoms with Crippen LogP contribution >= 0.6 is 0 Å². The number of hydrogen-bond acceptors (Lipinski definition) is 6. The highest BCUT2D eigenvalue weighted by Crippen LogP contribution is 2.77. The van der Waals surface area contributed by atoms with Crippen LogP contribution in [0.5, 0.6) is 0 Å². The van der Waals surface area contributed by atoms with Gasteiger partial charge in [-0.25, -0.2) is 0 Å². The Balaban J connectivity index is 1.51. The van der Waals surface area contributed by atoms with E-state index < -0.39 is 10.8 Å². The first-order valence-electron chi connectivity index (χ1n) is 17.2. The lowest BCUT2D eigenvalue weighted by molar-refractivity contribution is -0.257. The molecular weight excluding hydrogens is 552 g/mol.